The summed E-state index contributed by atoms with van der Waals surface area (Å²) in [4.78, 5) is 0. The van der Waals surface area contributed by atoms with Crippen LogP contribution < -0.4 is 0 Å². The van der Waals surface area contributed by atoms with Crippen molar-refractivity contribution in [3.05, 3.63) is 94.5 Å². The molecule has 0 saturated heterocycles. The third kappa shape index (κ3) is 4.11. The number of hydrogen-bond donors (Lipinski definition) is 3. The number of para-hydroxylation sites is 2. The van der Waals surface area contributed by atoms with Gasteiger partial charge in [-0.05, 0) is 54.2 Å². The van der Waals surface area contributed by atoms with Gasteiger partial charge in [-0.1, -0.05) is 105 Å². The zero-order chi connectivity index (χ0) is 23.5. The Bertz CT molecular complexity index is 1040. The molecule has 0 heterocycles. The second-order valence-electron chi connectivity index (χ2n) is 10.2. The van der Waals surface area contributed by atoms with Crippen LogP contribution in [0.3, 0.4) is 0 Å². The molecule has 0 unspecified atom stereocenters. The van der Waals surface area contributed by atoms with Gasteiger partial charge in [0.25, 0.3) is 0 Å². The molecule has 3 nitrogen and oxygen atoms in total. The van der Waals surface area contributed by atoms with E-state index in [0.29, 0.717) is 28.5 Å². The maximum absolute atomic E-state index is 12.5. The molecule has 0 aromatic heterocycles. The van der Waals surface area contributed by atoms with Crippen molar-refractivity contribution in [1.82, 2.24) is 0 Å². The molecule has 2 aliphatic rings. The van der Waals surface area contributed by atoms with E-state index in [-0.39, 0.29) is 11.5 Å². The third-order valence-corrected chi connectivity index (χ3v) is 8.20. The van der Waals surface area contributed by atoms with Crippen molar-refractivity contribution < 1.29 is 15.3 Å². The summed E-state index contributed by atoms with van der Waals surface area (Å²) in [5, 5.41) is 35.6. The molecule has 178 valence electrons. The monoisotopic (exact) mass is 456 g/mol. The summed E-state index contributed by atoms with van der Waals surface area (Å²) >= 11 is 0. The Kier molecular flexibility index (Phi) is 6.65. The molecule has 0 spiro atoms. The van der Waals surface area contributed by atoms with E-state index >= 15 is 0 Å². The van der Waals surface area contributed by atoms with Gasteiger partial charge in [0.15, 0.2) is 0 Å². The molecule has 2 fully saturated rings. The van der Waals surface area contributed by atoms with Crippen LogP contribution in [0.15, 0.2) is 66.7 Å². The second-order valence-corrected chi connectivity index (χ2v) is 10.2. The fourth-order valence-electron chi connectivity index (χ4n) is 6.33. The molecular weight excluding hydrogens is 420 g/mol. The number of aromatic hydroxyl groups is 2. The third-order valence-electron chi connectivity index (χ3n) is 8.20. The maximum atomic E-state index is 12.5. The molecule has 2 aliphatic carbocycles. The van der Waals surface area contributed by atoms with E-state index in [9.17, 15) is 15.3 Å². The highest BCUT2D eigenvalue weighted by Crippen LogP contribution is 2.49. The van der Waals surface area contributed by atoms with E-state index < -0.39 is 5.60 Å². The van der Waals surface area contributed by atoms with Crippen LogP contribution in [-0.4, -0.2) is 15.3 Å². The van der Waals surface area contributed by atoms with E-state index in [4.69, 9.17) is 0 Å². The Morgan fingerprint density at radius 2 is 0.971 bits per heavy atom. The predicted molar refractivity (Wildman–Crippen MR) is 136 cm³/mol. The van der Waals surface area contributed by atoms with Gasteiger partial charge >= 0.3 is 0 Å². The highest BCUT2D eigenvalue weighted by atomic mass is 16.3. The van der Waals surface area contributed by atoms with Crippen LogP contribution in [-0.2, 0) is 5.60 Å². The van der Waals surface area contributed by atoms with E-state index in [1.54, 1.807) is 12.1 Å². The van der Waals surface area contributed by atoms with Crippen molar-refractivity contribution in [2.75, 3.05) is 0 Å². The molecule has 0 aliphatic heterocycles. The van der Waals surface area contributed by atoms with Gasteiger partial charge in [0.1, 0.15) is 17.1 Å². The zero-order valence-electron chi connectivity index (χ0n) is 19.9. The summed E-state index contributed by atoms with van der Waals surface area (Å²) in [6, 6.07) is 20.9. The first-order chi connectivity index (χ1) is 16.6. The van der Waals surface area contributed by atoms with Crippen LogP contribution in [0, 0.1) is 0 Å². The van der Waals surface area contributed by atoms with E-state index in [1.165, 1.54) is 38.5 Å². The van der Waals surface area contributed by atoms with Crippen molar-refractivity contribution in [1.29, 1.82) is 0 Å². The molecular formula is C31H36O3. The molecule has 0 atom stereocenters. The molecule has 3 heteroatoms. The average Bonchev–Trinajstić information content (AvgIpc) is 2.90. The van der Waals surface area contributed by atoms with Gasteiger partial charge in [0, 0.05) is 11.1 Å². The van der Waals surface area contributed by atoms with E-state index in [1.807, 2.05) is 54.6 Å². The van der Waals surface area contributed by atoms with Gasteiger partial charge in [-0.15, -0.1) is 0 Å². The summed E-state index contributed by atoms with van der Waals surface area (Å²) in [5.74, 6) is 0.915. The number of rotatable bonds is 5. The molecule has 34 heavy (non-hydrogen) atoms. The largest absolute Gasteiger partial charge is 0.507 e. The van der Waals surface area contributed by atoms with Gasteiger partial charge < -0.3 is 15.3 Å². The average molecular weight is 457 g/mol. The van der Waals surface area contributed by atoms with E-state index in [0.717, 1.165) is 36.8 Å². The fraction of sp³-hybridized carbons (Fsp3) is 0.419. The Morgan fingerprint density at radius 3 is 1.41 bits per heavy atom. The minimum atomic E-state index is -1.66. The molecule has 5 rings (SSSR count). The summed E-state index contributed by atoms with van der Waals surface area (Å²) in [5.41, 5.74) is 1.69. The smallest absolute Gasteiger partial charge is 0.147 e. The van der Waals surface area contributed by atoms with Gasteiger partial charge in [-0.25, -0.2) is 0 Å². The summed E-state index contributed by atoms with van der Waals surface area (Å²) in [6.45, 7) is 0. The van der Waals surface area contributed by atoms with Crippen LogP contribution in [0.2, 0.25) is 0 Å². The van der Waals surface area contributed by atoms with Crippen molar-refractivity contribution in [3.8, 4) is 11.5 Å². The quantitative estimate of drug-likeness (QED) is 0.349. The molecule has 0 radical (unpaired) electrons. The lowest BCUT2D eigenvalue weighted by molar-refractivity contribution is 0.118. The first-order valence-electron chi connectivity index (χ1n) is 13.0. The Hall–Kier alpha value is -2.78. The molecule has 3 N–H and O–H groups in total. The highest BCUT2D eigenvalue weighted by molar-refractivity contribution is 5.59. The lowest BCUT2D eigenvalue weighted by atomic mass is 9.75. The maximum Gasteiger partial charge on any atom is 0.147 e. The molecule has 3 aromatic rings. The predicted octanol–water partition coefficient (Wildman–Crippen LogP) is 7.48. The normalized spacial score (nSPS) is 18.1. The Labute approximate surface area is 203 Å². The van der Waals surface area contributed by atoms with Gasteiger partial charge in [0.05, 0.1) is 0 Å². The van der Waals surface area contributed by atoms with Gasteiger partial charge in [0.2, 0.25) is 0 Å². The van der Waals surface area contributed by atoms with Crippen LogP contribution in [0.1, 0.15) is 104 Å². The highest BCUT2D eigenvalue weighted by Gasteiger charge is 2.40. The Morgan fingerprint density at radius 1 is 0.529 bits per heavy atom. The van der Waals surface area contributed by atoms with Crippen molar-refractivity contribution in [2.45, 2.75) is 81.6 Å². The molecule has 2 saturated carbocycles. The fourth-order valence-corrected chi connectivity index (χ4v) is 6.33. The summed E-state index contributed by atoms with van der Waals surface area (Å²) in [6.07, 6.45) is 11.4. The number of aliphatic hydroxyl groups is 1. The number of hydrogen-bond acceptors (Lipinski definition) is 3. The Balaban J connectivity index is 1.68. The van der Waals surface area contributed by atoms with Gasteiger partial charge in [-0.3, -0.25) is 0 Å². The minimum absolute atomic E-state index is 0.156. The van der Waals surface area contributed by atoms with Gasteiger partial charge in [-0.2, -0.15) is 0 Å². The van der Waals surface area contributed by atoms with Crippen LogP contribution in [0.5, 0.6) is 11.5 Å². The number of benzene rings is 3. The summed E-state index contributed by atoms with van der Waals surface area (Å²) in [7, 11) is 0. The number of phenols is 2. The second kappa shape index (κ2) is 9.84. The van der Waals surface area contributed by atoms with Crippen LogP contribution >= 0.6 is 0 Å². The van der Waals surface area contributed by atoms with E-state index in [2.05, 4.69) is 0 Å². The number of phenolic OH excluding ortho intramolecular Hbond substituents is 2. The topological polar surface area (TPSA) is 60.7 Å². The molecule has 0 bridgehead atoms. The first kappa shape index (κ1) is 23.0. The van der Waals surface area contributed by atoms with Crippen molar-refractivity contribution in [3.63, 3.8) is 0 Å². The molecule has 0 amide bonds. The SMILES string of the molecule is Oc1c(C2CCCCC2)cccc1C(O)(c1ccccc1)c1cccc(C2CCCCC2)c1O. The lowest BCUT2D eigenvalue weighted by Crippen LogP contribution is -2.30. The first-order valence-corrected chi connectivity index (χ1v) is 13.0. The van der Waals surface area contributed by atoms with Crippen molar-refractivity contribution >= 4 is 0 Å². The van der Waals surface area contributed by atoms with Crippen molar-refractivity contribution in [2.24, 2.45) is 0 Å². The summed E-state index contributed by atoms with van der Waals surface area (Å²) < 4.78 is 0. The standard InChI is InChI=1S/C31H36O3/c32-29-25(22-12-4-1-5-13-22)18-10-20-27(29)31(34,24-16-8-3-9-17-24)28-21-11-19-26(30(28)33)23-14-6-2-7-15-23/h3,8-11,16-23,32-34H,1-2,4-7,12-15H2. The van der Waals surface area contributed by atoms with Crippen LogP contribution in [0.4, 0.5) is 0 Å². The van der Waals surface area contributed by atoms with Crippen LogP contribution in [0.25, 0.3) is 0 Å². The lowest BCUT2D eigenvalue weighted by Gasteiger charge is -2.34. The minimum Gasteiger partial charge on any atom is -0.507 e. The molecule has 3 aromatic carbocycles. The zero-order valence-corrected chi connectivity index (χ0v) is 19.9.